The van der Waals surface area contributed by atoms with Crippen LogP contribution in [0.1, 0.15) is 32.8 Å². The lowest BCUT2D eigenvalue weighted by atomic mass is 9.89. The van der Waals surface area contributed by atoms with Crippen molar-refractivity contribution in [2.75, 3.05) is 0 Å². The molecule has 0 unspecified atom stereocenters. The van der Waals surface area contributed by atoms with Crippen LogP contribution in [0.3, 0.4) is 0 Å². The highest BCUT2D eigenvalue weighted by Crippen LogP contribution is 2.36. The number of benzene rings is 1. The second-order valence-corrected chi connectivity index (χ2v) is 4.43. The molecule has 0 radical (unpaired) electrons. The van der Waals surface area contributed by atoms with E-state index in [1.165, 1.54) is 5.56 Å². The molecular weight excluding hydrogens is 188 g/mol. The molecule has 15 heavy (non-hydrogen) atoms. The van der Waals surface area contributed by atoms with Crippen LogP contribution in [0.4, 0.5) is 0 Å². The first kappa shape index (κ1) is 10.7. The molecule has 0 aliphatic carbocycles. The molecule has 1 aliphatic rings. The predicted molar refractivity (Wildman–Crippen MR) is 59.5 cm³/mol. The lowest BCUT2D eigenvalue weighted by Gasteiger charge is -2.41. The second-order valence-electron chi connectivity index (χ2n) is 4.43. The van der Waals surface area contributed by atoms with E-state index in [1.807, 2.05) is 13.0 Å². The highest BCUT2D eigenvalue weighted by molar-refractivity contribution is 5.22. The zero-order valence-corrected chi connectivity index (χ0v) is 9.57. The van der Waals surface area contributed by atoms with E-state index >= 15 is 0 Å². The van der Waals surface area contributed by atoms with Gasteiger partial charge in [-0.2, -0.15) is 0 Å². The SMILES string of the molecule is C[C@H]1O[C@H](C)C[C@@](C)(c2ccccc2)O1. The highest BCUT2D eigenvalue weighted by atomic mass is 16.7. The Bertz CT molecular complexity index is 311. The minimum atomic E-state index is -0.210. The van der Waals surface area contributed by atoms with Gasteiger partial charge in [0.05, 0.1) is 11.7 Å². The summed E-state index contributed by atoms with van der Waals surface area (Å²) in [6.45, 7) is 6.19. The average Bonchev–Trinajstić information content (AvgIpc) is 2.17. The molecular formula is C13H18O2. The van der Waals surface area contributed by atoms with E-state index in [9.17, 15) is 0 Å². The average molecular weight is 206 g/mol. The molecule has 1 fully saturated rings. The first-order valence-corrected chi connectivity index (χ1v) is 5.49. The maximum atomic E-state index is 5.91. The van der Waals surface area contributed by atoms with Crippen molar-refractivity contribution in [3.63, 3.8) is 0 Å². The quantitative estimate of drug-likeness (QED) is 0.703. The predicted octanol–water partition coefficient (Wildman–Crippen LogP) is 3.07. The van der Waals surface area contributed by atoms with Crippen LogP contribution in [0.5, 0.6) is 0 Å². The van der Waals surface area contributed by atoms with Gasteiger partial charge in [-0.1, -0.05) is 30.3 Å². The molecule has 82 valence electrons. The van der Waals surface area contributed by atoms with Crippen LogP contribution in [0.2, 0.25) is 0 Å². The Labute approximate surface area is 91.2 Å². The summed E-state index contributed by atoms with van der Waals surface area (Å²) >= 11 is 0. The third-order valence-electron chi connectivity index (χ3n) is 2.91. The van der Waals surface area contributed by atoms with Crippen LogP contribution in [0.15, 0.2) is 30.3 Å². The third kappa shape index (κ3) is 2.21. The second kappa shape index (κ2) is 3.95. The van der Waals surface area contributed by atoms with E-state index in [4.69, 9.17) is 9.47 Å². The Morgan fingerprint density at radius 2 is 1.87 bits per heavy atom. The smallest absolute Gasteiger partial charge is 0.156 e. The standard InChI is InChI=1S/C13H18O2/c1-10-9-13(3,15-11(2)14-10)12-7-5-4-6-8-12/h4-8,10-11H,9H2,1-3H3/t10-,11+,13+/m1/s1. The lowest BCUT2D eigenvalue weighted by molar-refractivity contribution is -0.270. The van der Waals surface area contributed by atoms with Crippen molar-refractivity contribution in [3.8, 4) is 0 Å². The van der Waals surface area contributed by atoms with Crippen molar-refractivity contribution in [3.05, 3.63) is 35.9 Å². The van der Waals surface area contributed by atoms with Crippen molar-refractivity contribution < 1.29 is 9.47 Å². The molecule has 0 saturated carbocycles. The molecule has 2 heteroatoms. The molecule has 1 aliphatic heterocycles. The normalized spacial score (nSPS) is 36.5. The number of hydrogen-bond acceptors (Lipinski definition) is 2. The molecule has 3 atom stereocenters. The van der Waals surface area contributed by atoms with Gasteiger partial charge in [-0.25, -0.2) is 0 Å². The monoisotopic (exact) mass is 206 g/mol. The van der Waals surface area contributed by atoms with Gasteiger partial charge in [0.25, 0.3) is 0 Å². The Morgan fingerprint density at radius 3 is 2.47 bits per heavy atom. The molecule has 2 nitrogen and oxygen atoms in total. The Morgan fingerprint density at radius 1 is 1.20 bits per heavy atom. The molecule has 1 aromatic rings. The fraction of sp³-hybridized carbons (Fsp3) is 0.538. The van der Waals surface area contributed by atoms with Gasteiger partial charge < -0.3 is 9.47 Å². The van der Waals surface area contributed by atoms with E-state index < -0.39 is 0 Å². The van der Waals surface area contributed by atoms with E-state index in [2.05, 4.69) is 38.1 Å². The maximum absolute atomic E-state index is 5.91. The summed E-state index contributed by atoms with van der Waals surface area (Å²) in [5.41, 5.74) is 1.02. The van der Waals surface area contributed by atoms with E-state index in [0.29, 0.717) is 0 Å². The van der Waals surface area contributed by atoms with Gasteiger partial charge in [-0.3, -0.25) is 0 Å². The molecule has 0 amide bonds. The van der Waals surface area contributed by atoms with Crippen LogP contribution in [-0.2, 0) is 15.1 Å². The summed E-state index contributed by atoms with van der Waals surface area (Å²) in [5, 5.41) is 0. The molecule has 2 rings (SSSR count). The van der Waals surface area contributed by atoms with Crippen molar-refractivity contribution in [2.24, 2.45) is 0 Å². The number of ether oxygens (including phenoxy) is 2. The van der Waals surface area contributed by atoms with Gasteiger partial charge >= 0.3 is 0 Å². The summed E-state index contributed by atoms with van der Waals surface area (Å²) in [6, 6.07) is 10.4. The van der Waals surface area contributed by atoms with Gasteiger partial charge in [0.1, 0.15) is 0 Å². The lowest BCUT2D eigenvalue weighted by Crippen LogP contribution is -2.41. The summed E-state index contributed by atoms with van der Waals surface area (Å²) in [7, 11) is 0. The third-order valence-corrected chi connectivity index (χ3v) is 2.91. The summed E-state index contributed by atoms with van der Waals surface area (Å²) < 4.78 is 11.5. The molecule has 0 aromatic heterocycles. The van der Waals surface area contributed by atoms with Crippen molar-refractivity contribution in [1.29, 1.82) is 0 Å². The fourth-order valence-corrected chi connectivity index (χ4v) is 2.34. The van der Waals surface area contributed by atoms with Gasteiger partial charge in [0.2, 0.25) is 0 Å². The Kier molecular flexibility index (Phi) is 2.81. The largest absolute Gasteiger partial charge is 0.350 e. The van der Waals surface area contributed by atoms with E-state index in [0.717, 1.165) is 6.42 Å². The maximum Gasteiger partial charge on any atom is 0.156 e. The molecule has 0 spiro atoms. The van der Waals surface area contributed by atoms with Gasteiger partial charge in [-0.05, 0) is 26.3 Å². The molecule has 0 N–H and O–H groups in total. The Hall–Kier alpha value is -0.860. The van der Waals surface area contributed by atoms with Gasteiger partial charge in [0, 0.05) is 6.42 Å². The fourth-order valence-electron chi connectivity index (χ4n) is 2.34. The van der Waals surface area contributed by atoms with Gasteiger partial charge in [-0.15, -0.1) is 0 Å². The molecule has 0 bridgehead atoms. The van der Waals surface area contributed by atoms with Crippen molar-refractivity contribution >= 4 is 0 Å². The summed E-state index contributed by atoms with van der Waals surface area (Å²) in [6.07, 6.45) is 1.03. The minimum absolute atomic E-state index is 0.126. The molecule has 1 heterocycles. The van der Waals surface area contributed by atoms with Crippen LogP contribution >= 0.6 is 0 Å². The topological polar surface area (TPSA) is 18.5 Å². The number of rotatable bonds is 1. The van der Waals surface area contributed by atoms with Crippen LogP contribution in [0.25, 0.3) is 0 Å². The first-order valence-electron chi connectivity index (χ1n) is 5.49. The Balaban J connectivity index is 2.26. The van der Waals surface area contributed by atoms with Crippen LogP contribution in [-0.4, -0.2) is 12.4 Å². The van der Waals surface area contributed by atoms with Crippen LogP contribution in [0, 0.1) is 0 Å². The number of hydrogen-bond donors (Lipinski definition) is 0. The van der Waals surface area contributed by atoms with E-state index in [-0.39, 0.29) is 18.0 Å². The van der Waals surface area contributed by atoms with Crippen molar-refractivity contribution in [2.45, 2.75) is 45.2 Å². The minimum Gasteiger partial charge on any atom is -0.350 e. The zero-order chi connectivity index (χ0) is 10.9. The van der Waals surface area contributed by atoms with Crippen molar-refractivity contribution in [1.82, 2.24) is 0 Å². The van der Waals surface area contributed by atoms with Crippen LogP contribution < -0.4 is 0 Å². The molecule has 1 aromatic carbocycles. The highest BCUT2D eigenvalue weighted by Gasteiger charge is 2.36. The van der Waals surface area contributed by atoms with E-state index in [1.54, 1.807) is 0 Å². The first-order chi connectivity index (χ1) is 7.10. The zero-order valence-electron chi connectivity index (χ0n) is 9.57. The molecule has 1 saturated heterocycles. The summed E-state index contributed by atoms with van der Waals surface area (Å²) in [4.78, 5) is 0. The van der Waals surface area contributed by atoms with Gasteiger partial charge in [0.15, 0.2) is 6.29 Å². The summed E-state index contributed by atoms with van der Waals surface area (Å²) in [5.74, 6) is 0.